The number of hydrogen-bond acceptors (Lipinski definition) is 5. The molecule has 0 aromatic heterocycles. The number of non-ortho nitro benzene ring substituents is 1. The van der Waals surface area contributed by atoms with Gasteiger partial charge in [0.25, 0.3) is 5.69 Å². The number of halogens is 1. The van der Waals surface area contributed by atoms with Crippen LogP contribution in [0.25, 0.3) is 0 Å². The molecule has 0 spiro atoms. The molecule has 0 aliphatic heterocycles. The Morgan fingerprint density at radius 2 is 2.00 bits per heavy atom. The summed E-state index contributed by atoms with van der Waals surface area (Å²) in [6.07, 6.45) is 0.462. The van der Waals surface area contributed by atoms with Crippen LogP contribution in [0.15, 0.2) is 18.2 Å². The van der Waals surface area contributed by atoms with E-state index in [9.17, 15) is 18.7 Å². The second kappa shape index (κ2) is 8.96. The lowest BCUT2D eigenvalue weighted by molar-refractivity contribution is -0.385. The SMILES string of the molecule is CC(C#N)SCC[C@](C)(C[S@@](=O)C(C)(C)C)c1cc([N+](=O)[O-])ccc1F. The molecule has 1 rings (SSSR count). The Hall–Kier alpha value is -1.46. The maximum absolute atomic E-state index is 14.5. The molecule has 1 unspecified atom stereocenters. The minimum atomic E-state index is -1.26. The minimum absolute atomic E-state index is 0.188. The first-order chi connectivity index (χ1) is 11.9. The Morgan fingerprint density at radius 1 is 1.38 bits per heavy atom. The van der Waals surface area contributed by atoms with E-state index in [0.29, 0.717) is 12.2 Å². The highest BCUT2D eigenvalue weighted by Crippen LogP contribution is 2.36. The normalized spacial score (nSPS) is 16.3. The highest BCUT2D eigenvalue weighted by Gasteiger charge is 2.36. The highest BCUT2D eigenvalue weighted by atomic mass is 32.2. The zero-order valence-electron chi connectivity index (χ0n) is 15.7. The molecule has 0 aliphatic carbocycles. The molecule has 0 aliphatic rings. The maximum Gasteiger partial charge on any atom is 0.269 e. The van der Waals surface area contributed by atoms with Gasteiger partial charge >= 0.3 is 0 Å². The van der Waals surface area contributed by atoms with Crippen molar-refractivity contribution in [1.82, 2.24) is 0 Å². The van der Waals surface area contributed by atoms with Gasteiger partial charge < -0.3 is 0 Å². The standard InChI is InChI=1S/C18H25FN2O3S2/c1-13(11-20)25-9-8-18(5,12-26(24)17(2,3)4)15-10-14(21(22)23)6-7-16(15)19/h6-7,10,13H,8-9,12H2,1-5H3/t13?,18-,26-/m1/s1. The lowest BCUT2D eigenvalue weighted by Crippen LogP contribution is -2.37. The molecule has 0 N–H and O–H groups in total. The summed E-state index contributed by atoms with van der Waals surface area (Å²) in [6.45, 7) is 9.11. The third-order valence-electron chi connectivity index (χ3n) is 4.15. The summed E-state index contributed by atoms with van der Waals surface area (Å²) in [6, 6.07) is 5.60. The van der Waals surface area contributed by atoms with Gasteiger partial charge in [0.05, 0.1) is 16.2 Å². The molecule has 8 heteroatoms. The van der Waals surface area contributed by atoms with Crippen molar-refractivity contribution in [3.05, 3.63) is 39.7 Å². The molecule has 0 radical (unpaired) electrons. The largest absolute Gasteiger partial charge is 0.269 e. The van der Waals surface area contributed by atoms with Gasteiger partial charge in [-0.15, -0.1) is 11.8 Å². The number of nitro benzene ring substituents is 1. The number of nitro groups is 1. The molecule has 0 fully saturated rings. The Labute approximate surface area is 161 Å². The number of thioether (sulfide) groups is 1. The van der Waals surface area contributed by atoms with E-state index in [-0.39, 0.29) is 22.3 Å². The summed E-state index contributed by atoms with van der Waals surface area (Å²) < 4.78 is 26.8. The van der Waals surface area contributed by atoms with E-state index in [1.807, 2.05) is 20.8 Å². The smallest absolute Gasteiger partial charge is 0.259 e. The van der Waals surface area contributed by atoms with Gasteiger partial charge in [0.15, 0.2) is 0 Å². The highest BCUT2D eigenvalue weighted by molar-refractivity contribution is 8.00. The Kier molecular flexibility index (Phi) is 7.78. The lowest BCUT2D eigenvalue weighted by Gasteiger charge is -2.33. The van der Waals surface area contributed by atoms with Crippen molar-refractivity contribution in [2.75, 3.05) is 11.5 Å². The molecule has 5 nitrogen and oxygen atoms in total. The van der Waals surface area contributed by atoms with E-state index in [1.54, 1.807) is 13.8 Å². The van der Waals surface area contributed by atoms with E-state index in [2.05, 4.69) is 6.07 Å². The van der Waals surface area contributed by atoms with Crippen LogP contribution < -0.4 is 0 Å². The third-order valence-corrected chi connectivity index (χ3v) is 7.46. The molecular formula is C18H25FN2O3S2. The lowest BCUT2D eigenvalue weighted by atomic mass is 9.81. The Morgan fingerprint density at radius 3 is 2.50 bits per heavy atom. The predicted molar refractivity (Wildman–Crippen MR) is 105 cm³/mol. The summed E-state index contributed by atoms with van der Waals surface area (Å²) in [4.78, 5) is 10.5. The molecular weight excluding hydrogens is 375 g/mol. The Bertz CT molecular complexity index is 728. The fourth-order valence-electron chi connectivity index (χ4n) is 2.38. The van der Waals surface area contributed by atoms with Gasteiger partial charge in [-0.25, -0.2) is 4.39 Å². The van der Waals surface area contributed by atoms with Gasteiger partial charge in [-0.3, -0.25) is 14.3 Å². The summed E-state index contributed by atoms with van der Waals surface area (Å²) in [5.41, 5.74) is -0.821. The second-order valence-corrected chi connectivity index (χ2v) is 11.1. The van der Waals surface area contributed by atoms with Gasteiger partial charge in [-0.05, 0) is 45.9 Å². The molecule has 0 amide bonds. The topological polar surface area (TPSA) is 84.0 Å². The molecule has 1 aromatic rings. The van der Waals surface area contributed by atoms with Gasteiger partial charge in [0.2, 0.25) is 0 Å². The Balaban J connectivity index is 3.27. The zero-order valence-corrected chi connectivity index (χ0v) is 17.4. The number of nitriles is 1. The van der Waals surface area contributed by atoms with Crippen LogP contribution in [-0.2, 0) is 16.2 Å². The van der Waals surface area contributed by atoms with Gasteiger partial charge in [0, 0.05) is 44.4 Å². The van der Waals surface area contributed by atoms with Crippen molar-refractivity contribution in [2.24, 2.45) is 0 Å². The quantitative estimate of drug-likeness (QED) is 0.471. The summed E-state index contributed by atoms with van der Waals surface area (Å²) >= 11 is 1.43. The predicted octanol–water partition coefficient (Wildman–Crippen LogP) is 4.57. The molecule has 144 valence electrons. The van der Waals surface area contributed by atoms with Crippen LogP contribution in [0.4, 0.5) is 10.1 Å². The third kappa shape index (κ3) is 6.06. The van der Waals surface area contributed by atoms with Crippen molar-refractivity contribution >= 4 is 28.2 Å². The van der Waals surface area contributed by atoms with Gasteiger partial charge in [-0.2, -0.15) is 5.26 Å². The fraction of sp³-hybridized carbons (Fsp3) is 0.611. The zero-order chi connectivity index (χ0) is 20.1. The van der Waals surface area contributed by atoms with Crippen molar-refractivity contribution in [3.8, 4) is 6.07 Å². The first kappa shape index (κ1) is 22.6. The average Bonchev–Trinajstić information content (AvgIpc) is 2.53. The van der Waals surface area contributed by atoms with Crippen LogP contribution in [0, 0.1) is 27.3 Å². The molecule has 0 saturated carbocycles. The molecule has 3 atom stereocenters. The molecule has 26 heavy (non-hydrogen) atoms. The molecule has 0 bridgehead atoms. The summed E-state index contributed by atoms with van der Waals surface area (Å²) in [5, 5.41) is 19.8. The van der Waals surface area contributed by atoms with Crippen LogP contribution in [-0.4, -0.2) is 30.6 Å². The van der Waals surface area contributed by atoms with Crippen LogP contribution in [0.1, 0.15) is 46.6 Å². The first-order valence-electron chi connectivity index (χ1n) is 8.25. The van der Waals surface area contributed by atoms with Crippen LogP contribution >= 0.6 is 11.8 Å². The average molecular weight is 401 g/mol. The minimum Gasteiger partial charge on any atom is -0.259 e. The van der Waals surface area contributed by atoms with Gasteiger partial charge in [0.1, 0.15) is 5.82 Å². The van der Waals surface area contributed by atoms with Gasteiger partial charge in [-0.1, -0.05) is 6.92 Å². The van der Waals surface area contributed by atoms with E-state index in [1.165, 1.54) is 17.8 Å². The van der Waals surface area contributed by atoms with Crippen molar-refractivity contribution in [1.29, 1.82) is 5.26 Å². The van der Waals surface area contributed by atoms with E-state index in [4.69, 9.17) is 5.26 Å². The number of rotatable bonds is 8. The van der Waals surface area contributed by atoms with Crippen LogP contribution in [0.3, 0.4) is 0 Å². The summed E-state index contributed by atoms with van der Waals surface area (Å²) in [7, 11) is -1.26. The molecule has 0 heterocycles. The monoisotopic (exact) mass is 400 g/mol. The van der Waals surface area contributed by atoms with Crippen LogP contribution in [0.5, 0.6) is 0 Å². The van der Waals surface area contributed by atoms with Crippen molar-refractivity contribution in [2.45, 2.75) is 56.5 Å². The second-order valence-electron chi connectivity index (χ2n) is 7.48. The van der Waals surface area contributed by atoms with Crippen molar-refractivity contribution in [3.63, 3.8) is 0 Å². The molecule has 1 aromatic carbocycles. The summed E-state index contributed by atoms with van der Waals surface area (Å²) in [5.74, 6) is 0.215. The maximum atomic E-state index is 14.5. The van der Waals surface area contributed by atoms with E-state index >= 15 is 0 Å². The number of hydrogen-bond donors (Lipinski definition) is 0. The van der Waals surface area contributed by atoms with Crippen LogP contribution in [0.2, 0.25) is 0 Å². The van der Waals surface area contributed by atoms with E-state index < -0.39 is 31.7 Å². The fourth-order valence-corrected chi connectivity index (χ4v) is 4.69. The van der Waals surface area contributed by atoms with Crippen molar-refractivity contribution < 1.29 is 13.5 Å². The molecule has 0 saturated heterocycles. The first-order valence-corrected chi connectivity index (χ1v) is 10.6. The van der Waals surface area contributed by atoms with E-state index in [0.717, 1.165) is 12.1 Å². The number of benzene rings is 1. The number of nitrogens with zero attached hydrogens (tertiary/aromatic N) is 2.